The maximum atomic E-state index is 11.7. The van der Waals surface area contributed by atoms with Crippen LogP contribution in [0.3, 0.4) is 0 Å². The summed E-state index contributed by atoms with van der Waals surface area (Å²) in [4.78, 5) is 13.8. The second-order valence-electron chi connectivity index (χ2n) is 8.01. The highest BCUT2D eigenvalue weighted by atomic mass is 16.7. The van der Waals surface area contributed by atoms with Crippen molar-refractivity contribution in [3.63, 3.8) is 0 Å². The van der Waals surface area contributed by atoms with Gasteiger partial charge in [0.15, 0.2) is 0 Å². The molecule has 0 aromatic heterocycles. The lowest BCUT2D eigenvalue weighted by Crippen LogP contribution is -2.54. The largest absolute Gasteiger partial charge is 0.494 e. The smallest absolute Gasteiger partial charge is 0.492 e. The van der Waals surface area contributed by atoms with Gasteiger partial charge < -0.3 is 19.4 Å². The van der Waals surface area contributed by atoms with Crippen molar-refractivity contribution in [1.29, 1.82) is 0 Å². The third-order valence-corrected chi connectivity index (χ3v) is 5.68. The summed E-state index contributed by atoms with van der Waals surface area (Å²) in [6.07, 6.45) is 0. The summed E-state index contributed by atoms with van der Waals surface area (Å²) in [5.74, 6) is 0.891. The molecule has 2 aliphatic rings. The molecule has 1 unspecified atom stereocenters. The second kappa shape index (κ2) is 7.21. The van der Waals surface area contributed by atoms with Gasteiger partial charge in [0, 0.05) is 19.6 Å². The van der Waals surface area contributed by atoms with Crippen LogP contribution in [0.5, 0.6) is 5.75 Å². The maximum Gasteiger partial charge on any atom is 0.494 e. The lowest BCUT2D eigenvalue weighted by molar-refractivity contribution is -0.128. The Labute approximate surface area is 156 Å². The van der Waals surface area contributed by atoms with Gasteiger partial charge in [-0.15, -0.1) is 0 Å². The first-order valence-corrected chi connectivity index (χ1v) is 9.30. The second-order valence-corrected chi connectivity index (χ2v) is 8.01. The Bertz CT molecular complexity index is 631. The number of nitrogens with zero attached hydrogens (tertiary/aromatic N) is 1. The summed E-state index contributed by atoms with van der Waals surface area (Å²) in [6, 6.07) is 7.74. The summed E-state index contributed by atoms with van der Waals surface area (Å²) < 4.78 is 18.0. The minimum atomic E-state index is -0.359. The Balaban J connectivity index is 1.52. The van der Waals surface area contributed by atoms with Gasteiger partial charge >= 0.3 is 7.12 Å². The number of piperazine rings is 1. The molecule has 2 fully saturated rings. The molecule has 0 bridgehead atoms. The van der Waals surface area contributed by atoms with Gasteiger partial charge in [0.2, 0.25) is 5.91 Å². The standard InChI is InChI=1S/C19H29BN2O4/c1-14-17(23)21-10-11-22(14)12-13-24-16-8-6-15(7-9-16)20-25-18(2,3)19(4,5)26-20/h6-9,14H,10-13H2,1-5H3,(H,21,23). The van der Waals surface area contributed by atoms with Crippen LogP contribution in [0, 0.1) is 0 Å². The van der Waals surface area contributed by atoms with Crippen LogP contribution in [0.4, 0.5) is 0 Å². The van der Waals surface area contributed by atoms with Crippen LogP contribution in [0.1, 0.15) is 34.6 Å². The molecule has 6 nitrogen and oxygen atoms in total. The fourth-order valence-electron chi connectivity index (χ4n) is 3.12. The van der Waals surface area contributed by atoms with Crippen molar-refractivity contribution in [3.8, 4) is 5.75 Å². The zero-order chi connectivity index (χ0) is 18.9. The molecule has 2 heterocycles. The number of amides is 1. The fraction of sp³-hybridized carbons (Fsp3) is 0.632. The summed E-state index contributed by atoms with van der Waals surface area (Å²) in [5, 5.41) is 2.87. The Morgan fingerprint density at radius 2 is 1.81 bits per heavy atom. The van der Waals surface area contributed by atoms with E-state index in [2.05, 4.69) is 10.2 Å². The molecule has 7 heteroatoms. The van der Waals surface area contributed by atoms with Crippen molar-refractivity contribution >= 4 is 18.5 Å². The molecular weight excluding hydrogens is 331 g/mol. The lowest BCUT2D eigenvalue weighted by Gasteiger charge is -2.32. The zero-order valence-electron chi connectivity index (χ0n) is 16.4. The predicted molar refractivity (Wildman–Crippen MR) is 102 cm³/mol. The Hall–Kier alpha value is -1.57. The number of hydrogen-bond acceptors (Lipinski definition) is 5. The molecule has 1 aromatic rings. The van der Waals surface area contributed by atoms with E-state index >= 15 is 0 Å². The summed E-state index contributed by atoms with van der Waals surface area (Å²) in [6.45, 7) is 13.0. The predicted octanol–water partition coefficient (Wildman–Crippen LogP) is 1.18. The third-order valence-electron chi connectivity index (χ3n) is 5.68. The van der Waals surface area contributed by atoms with Crippen molar-refractivity contribution in [2.75, 3.05) is 26.2 Å². The molecule has 0 saturated carbocycles. The normalized spacial score (nSPS) is 25.2. The van der Waals surface area contributed by atoms with Crippen LogP contribution in [-0.4, -0.2) is 61.4 Å². The monoisotopic (exact) mass is 360 g/mol. The number of carbonyl (C=O) groups is 1. The number of hydrogen-bond donors (Lipinski definition) is 1. The number of carbonyl (C=O) groups excluding carboxylic acids is 1. The van der Waals surface area contributed by atoms with E-state index in [9.17, 15) is 4.79 Å². The van der Waals surface area contributed by atoms with Gasteiger partial charge in [-0.3, -0.25) is 9.69 Å². The van der Waals surface area contributed by atoms with Crippen LogP contribution >= 0.6 is 0 Å². The van der Waals surface area contributed by atoms with E-state index in [1.165, 1.54) is 0 Å². The molecule has 0 radical (unpaired) electrons. The highest BCUT2D eigenvalue weighted by Crippen LogP contribution is 2.36. The van der Waals surface area contributed by atoms with Crippen LogP contribution in [0.2, 0.25) is 0 Å². The van der Waals surface area contributed by atoms with E-state index in [4.69, 9.17) is 14.0 Å². The van der Waals surface area contributed by atoms with Gasteiger partial charge in [-0.05, 0) is 52.2 Å². The van der Waals surface area contributed by atoms with Gasteiger partial charge in [-0.1, -0.05) is 12.1 Å². The summed E-state index contributed by atoms with van der Waals surface area (Å²) >= 11 is 0. The fourth-order valence-corrected chi connectivity index (χ4v) is 3.12. The zero-order valence-corrected chi connectivity index (χ0v) is 16.4. The summed E-state index contributed by atoms with van der Waals surface area (Å²) in [7, 11) is -0.359. The van der Waals surface area contributed by atoms with E-state index in [0.29, 0.717) is 13.2 Å². The minimum absolute atomic E-state index is 0.0861. The van der Waals surface area contributed by atoms with Crippen LogP contribution in [0.15, 0.2) is 24.3 Å². The van der Waals surface area contributed by atoms with Gasteiger partial charge in [-0.25, -0.2) is 0 Å². The third kappa shape index (κ3) is 3.90. The van der Waals surface area contributed by atoms with Crippen molar-refractivity contribution in [2.24, 2.45) is 0 Å². The Morgan fingerprint density at radius 3 is 2.42 bits per heavy atom. The average Bonchev–Trinajstić information content (AvgIpc) is 2.80. The SMILES string of the molecule is CC1C(=O)NCCN1CCOc1ccc(B2OC(C)(C)C(C)(C)O2)cc1. The molecule has 0 spiro atoms. The molecular formula is C19H29BN2O4. The number of ether oxygens (including phenoxy) is 1. The Morgan fingerprint density at radius 1 is 1.19 bits per heavy atom. The van der Waals surface area contributed by atoms with Gasteiger partial charge in [0.25, 0.3) is 0 Å². The van der Waals surface area contributed by atoms with Crippen molar-refractivity contribution in [1.82, 2.24) is 10.2 Å². The average molecular weight is 360 g/mol. The van der Waals surface area contributed by atoms with E-state index in [-0.39, 0.29) is 30.3 Å². The minimum Gasteiger partial charge on any atom is -0.492 e. The quantitative estimate of drug-likeness (QED) is 0.800. The van der Waals surface area contributed by atoms with Crippen molar-refractivity contribution < 1.29 is 18.8 Å². The molecule has 1 amide bonds. The first-order valence-electron chi connectivity index (χ1n) is 9.30. The highest BCUT2D eigenvalue weighted by molar-refractivity contribution is 6.62. The van der Waals surface area contributed by atoms with Crippen LogP contribution in [0.25, 0.3) is 0 Å². The topological polar surface area (TPSA) is 60.0 Å². The van der Waals surface area contributed by atoms with Gasteiger partial charge in [0.05, 0.1) is 17.2 Å². The molecule has 1 N–H and O–H groups in total. The van der Waals surface area contributed by atoms with E-state index in [1.54, 1.807) is 0 Å². The molecule has 1 atom stereocenters. The molecule has 2 aliphatic heterocycles. The van der Waals surface area contributed by atoms with Crippen molar-refractivity contribution in [3.05, 3.63) is 24.3 Å². The van der Waals surface area contributed by atoms with E-state index < -0.39 is 0 Å². The number of nitrogens with one attached hydrogen (secondary N) is 1. The lowest BCUT2D eigenvalue weighted by atomic mass is 9.79. The van der Waals surface area contributed by atoms with Crippen LogP contribution < -0.4 is 15.5 Å². The van der Waals surface area contributed by atoms with Gasteiger partial charge in [-0.2, -0.15) is 0 Å². The molecule has 0 aliphatic carbocycles. The molecule has 3 rings (SSSR count). The number of benzene rings is 1. The molecule has 2 saturated heterocycles. The Kier molecular flexibility index (Phi) is 5.33. The highest BCUT2D eigenvalue weighted by Gasteiger charge is 2.51. The first kappa shape index (κ1) is 19.2. The first-order chi connectivity index (χ1) is 12.2. The molecule has 26 heavy (non-hydrogen) atoms. The molecule has 142 valence electrons. The van der Waals surface area contributed by atoms with Gasteiger partial charge in [0.1, 0.15) is 12.4 Å². The van der Waals surface area contributed by atoms with E-state index in [1.807, 2.05) is 58.9 Å². The number of rotatable bonds is 5. The maximum absolute atomic E-state index is 11.7. The van der Waals surface area contributed by atoms with Crippen LogP contribution in [-0.2, 0) is 14.1 Å². The summed E-state index contributed by atoms with van der Waals surface area (Å²) in [5.41, 5.74) is 0.298. The van der Waals surface area contributed by atoms with E-state index in [0.717, 1.165) is 24.3 Å². The molecule has 1 aromatic carbocycles. The van der Waals surface area contributed by atoms with Crippen molar-refractivity contribution in [2.45, 2.75) is 51.9 Å².